The maximum atomic E-state index is 12.8. The minimum absolute atomic E-state index is 0.0726. The van der Waals surface area contributed by atoms with Crippen LogP contribution in [0.3, 0.4) is 0 Å². The van der Waals surface area contributed by atoms with Gasteiger partial charge < -0.3 is 19.9 Å². The van der Waals surface area contributed by atoms with Crippen molar-refractivity contribution in [2.75, 3.05) is 45.9 Å². The molecular weight excluding hydrogens is 362 g/mol. The first-order valence-electron chi connectivity index (χ1n) is 9.69. The molecule has 0 bridgehead atoms. The van der Waals surface area contributed by atoms with Gasteiger partial charge in [0.25, 0.3) is 0 Å². The second-order valence-electron chi connectivity index (χ2n) is 6.87. The van der Waals surface area contributed by atoms with Crippen LogP contribution in [-0.2, 0) is 20.9 Å². The zero-order valence-corrected chi connectivity index (χ0v) is 16.2. The maximum Gasteiger partial charge on any atom is 0.409 e. The van der Waals surface area contributed by atoms with Crippen LogP contribution in [0, 0.1) is 0 Å². The number of carbonyl (C=O) groups is 3. The van der Waals surface area contributed by atoms with Gasteiger partial charge in [0.05, 0.1) is 24.8 Å². The zero-order valence-electron chi connectivity index (χ0n) is 16.2. The van der Waals surface area contributed by atoms with Gasteiger partial charge in [-0.2, -0.15) is 0 Å². The fourth-order valence-corrected chi connectivity index (χ4v) is 3.52. The van der Waals surface area contributed by atoms with Gasteiger partial charge in [0.15, 0.2) is 0 Å². The van der Waals surface area contributed by atoms with Crippen molar-refractivity contribution in [2.24, 2.45) is 0 Å². The highest BCUT2D eigenvalue weighted by Crippen LogP contribution is 2.15. The second-order valence-corrected chi connectivity index (χ2v) is 6.87. The van der Waals surface area contributed by atoms with Crippen molar-refractivity contribution >= 4 is 17.9 Å². The molecule has 0 aromatic carbocycles. The predicted octanol–water partition coefficient (Wildman–Crippen LogP) is 0.0728. The molecule has 3 amide bonds. The van der Waals surface area contributed by atoms with Crippen molar-refractivity contribution in [2.45, 2.75) is 25.9 Å². The molecule has 1 aromatic rings. The van der Waals surface area contributed by atoms with Crippen molar-refractivity contribution < 1.29 is 19.1 Å². The summed E-state index contributed by atoms with van der Waals surface area (Å²) >= 11 is 0. The Balaban J connectivity index is 1.56. The number of carbonyl (C=O) groups excluding carboxylic acids is 3. The summed E-state index contributed by atoms with van der Waals surface area (Å²) in [5.74, 6) is -0.197. The summed E-state index contributed by atoms with van der Waals surface area (Å²) in [5.41, 5.74) is 0.873. The number of amides is 3. The Morgan fingerprint density at radius 3 is 2.61 bits per heavy atom. The summed E-state index contributed by atoms with van der Waals surface area (Å²) < 4.78 is 5.00. The third-order valence-electron chi connectivity index (χ3n) is 5.06. The van der Waals surface area contributed by atoms with Gasteiger partial charge in [0.2, 0.25) is 11.8 Å². The number of nitrogens with zero attached hydrogens (tertiary/aromatic N) is 4. The van der Waals surface area contributed by atoms with Crippen LogP contribution in [0.4, 0.5) is 4.79 Å². The van der Waals surface area contributed by atoms with E-state index < -0.39 is 6.04 Å². The number of nitrogens with one attached hydrogen (secondary N) is 1. The van der Waals surface area contributed by atoms with Gasteiger partial charge >= 0.3 is 6.09 Å². The maximum absolute atomic E-state index is 12.8. The molecule has 3 heterocycles. The van der Waals surface area contributed by atoms with E-state index in [4.69, 9.17) is 4.74 Å². The fraction of sp³-hybridized carbons (Fsp3) is 0.579. The number of pyridine rings is 1. The van der Waals surface area contributed by atoms with Gasteiger partial charge in [-0.05, 0) is 19.1 Å². The third kappa shape index (κ3) is 4.98. The molecule has 1 aromatic heterocycles. The van der Waals surface area contributed by atoms with Gasteiger partial charge in [0, 0.05) is 52.0 Å². The lowest BCUT2D eigenvalue weighted by Gasteiger charge is -2.37. The number of piperazine rings is 2. The van der Waals surface area contributed by atoms with Crippen LogP contribution < -0.4 is 5.32 Å². The predicted molar refractivity (Wildman–Crippen MR) is 101 cm³/mol. The van der Waals surface area contributed by atoms with Gasteiger partial charge in [-0.3, -0.25) is 19.5 Å². The number of hydrogen-bond donors (Lipinski definition) is 1. The Bertz CT molecular complexity index is 691. The molecule has 0 aliphatic carbocycles. The summed E-state index contributed by atoms with van der Waals surface area (Å²) in [6.45, 7) is 5.66. The molecule has 1 atom stereocenters. The molecule has 1 N–H and O–H groups in total. The molecule has 2 aliphatic heterocycles. The van der Waals surface area contributed by atoms with E-state index in [-0.39, 0.29) is 24.3 Å². The summed E-state index contributed by atoms with van der Waals surface area (Å²) in [6, 6.07) is 5.17. The lowest BCUT2D eigenvalue weighted by Crippen LogP contribution is -2.57. The van der Waals surface area contributed by atoms with Gasteiger partial charge in [0.1, 0.15) is 0 Å². The van der Waals surface area contributed by atoms with Crippen molar-refractivity contribution in [3.05, 3.63) is 30.1 Å². The number of rotatable bonds is 5. The molecule has 0 spiro atoms. The van der Waals surface area contributed by atoms with Crippen LogP contribution in [0.2, 0.25) is 0 Å². The topological polar surface area (TPSA) is 95.1 Å². The molecule has 2 fully saturated rings. The molecular formula is C19H27N5O4. The smallest absolute Gasteiger partial charge is 0.409 e. The van der Waals surface area contributed by atoms with E-state index in [9.17, 15) is 14.4 Å². The summed E-state index contributed by atoms with van der Waals surface area (Å²) in [6.07, 6.45) is 1.50. The van der Waals surface area contributed by atoms with E-state index in [0.717, 1.165) is 5.69 Å². The first-order valence-corrected chi connectivity index (χ1v) is 9.69. The standard InChI is InChI=1S/C19H27N5O4/c1-2-28-19(27)23-11-9-22(10-12-23)17(25)13-16-18(26)21-7-8-24(16)14-15-5-3-4-6-20-15/h3-6,16H,2,7-14H2,1H3,(H,21,26)/t16-/m0/s1. The van der Waals surface area contributed by atoms with Crippen molar-refractivity contribution in [1.29, 1.82) is 0 Å². The van der Waals surface area contributed by atoms with Gasteiger partial charge in [-0.25, -0.2) is 4.79 Å². The molecule has 9 heteroatoms. The molecule has 9 nitrogen and oxygen atoms in total. The highest BCUT2D eigenvalue weighted by molar-refractivity contribution is 5.89. The van der Waals surface area contributed by atoms with Crippen molar-refractivity contribution in [3.8, 4) is 0 Å². The van der Waals surface area contributed by atoms with E-state index in [1.165, 1.54) is 0 Å². The molecule has 0 saturated carbocycles. The van der Waals surface area contributed by atoms with Crippen LogP contribution in [0.15, 0.2) is 24.4 Å². The van der Waals surface area contributed by atoms with Gasteiger partial charge in [-0.15, -0.1) is 0 Å². The van der Waals surface area contributed by atoms with E-state index in [0.29, 0.717) is 52.4 Å². The fourth-order valence-electron chi connectivity index (χ4n) is 3.52. The SMILES string of the molecule is CCOC(=O)N1CCN(C(=O)C[C@H]2C(=O)NCCN2Cc2ccccn2)CC1. The largest absolute Gasteiger partial charge is 0.450 e. The number of ether oxygens (including phenoxy) is 1. The lowest BCUT2D eigenvalue weighted by atomic mass is 10.1. The quantitative estimate of drug-likeness (QED) is 0.766. The van der Waals surface area contributed by atoms with Crippen LogP contribution >= 0.6 is 0 Å². The lowest BCUT2D eigenvalue weighted by molar-refractivity contribution is -0.140. The first-order chi connectivity index (χ1) is 13.6. The average molecular weight is 389 g/mol. The van der Waals surface area contributed by atoms with Gasteiger partial charge in [-0.1, -0.05) is 6.07 Å². The number of hydrogen-bond acceptors (Lipinski definition) is 6. The summed E-state index contributed by atoms with van der Waals surface area (Å²) in [7, 11) is 0. The highest BCUT2D eigenvalue weighted by Gasteiger charge is 2.34. The number of aromatic nitrogens is 1. The molecule has 152 valence electrons. The average Bonchev–Trinajstić information content (AvgIpc) is 2.71. The Hall–Kier alpha value is -2.68. The Morgan fingerprint density at radius 2 is 1.93 bits per heavy atom. The van der Waals surface area contributed by atoms with E-state index in [2.05, 4.69) is 10.3 Å². The molecule has 2 saturated heterocycles. The normalized spacial score (nSPS) is 20.6. The monoisotopic (exact) mass is 389 g/mol. The Morgan fingerprint density at radius 1 is 1.18 bits per heavy atom. The van der Waals surface area contributed by atoms with Crippen molar-refractivity contribution in [3.63, 3.8) is 0 Å². The minimum Gasteiger partial charge on any atom is -0.450 e. The Labute approximate surface area is 164 Å². The zero-order chi connectivity index (χ0) is 19.9. The van der Waals surface area contributed by atoms with Crippen LogP contribution in [-0.4, -0.2) is 89.5 Å². The molecule has 3 rings (SSSR count). The van der Waals surface area contributed by atoms with Crippen molar-refractivity contribution in [1.82, 2.24) is 25.0 Å². The van der Waals surface area contributed by atoms with Crippen LogP contribution in [0.25, 0.3) is 0 Å². The highest BCUT2D eigenvalue weighted by atomic mass is 16.6. The first kappa shape index (κ1) is 20.1. The van der Waals surface area contributed by atoms with Crippen LogP contribution in [0.5, 0.6) is 0 Å². The minimum atomic E-state index is -0.508. The Kier molecular flexibility index (Phi) is 6.80. The van der Waals surface area contributed by atoms with E-state index >= 15 is 0 Å². The van der Waals surface area contributed by atoms with E-state index in [1.54, 1.807) is 22.9 Å². The summed E-state index contributed by atoms with van der Waals surface area (Å²) in [4.78, 5) is 46.6. The second kappa shape index (κ2) is 9.50. The molecule has 0 unspecified atom stereocenters. The van der Waals surface area contributed by atoms with E-state index in [1.807, 2.05) is 23.1 Å². The molecule has 28 heavy (non-hydrogen) atoms. The van der Waals surface area contributed by atoms with Crippen LogP contribution in [0.1, 0.15) is 19.0 Å². The third-order valence-corrected chi connectivity index (χ3v) is 5.06. The summed E-state index contributed by atoms with van der Waals surface area (Å²) in [5, 5.41) is 2.85. The molecule has 2 aliphatic rings. The molecule has 0 radical (unpaired) electrons.